The van der Waals surface area contributed by atoms with Gasteiger partial charge in [0.2, 0.25) is 11.3 Å². The van der Waals surface area contributed by atoms with Gasteiger partial charge < -0.3 is 57.3 Å². The number of rotatable bonds is 8. The van der Waals surface area contributed by atoms with E-state index in [9.17, 15) is 29.7 Å². The minimum Gasteiger partial charge on any atom is -0.508 e. The predicted octanol–water partition coefficient (Wildman–Crippen LogP) is 3.01. The summed E-state index contributed by atoms with van der Waals surface area (Å²) in [6.07, 6.45) is -3.02. The lowest BCUT2D eigenvalue weighted by Crippen LogP contribution is -2.68. The van der Waals surface area contributed by atoms with E-state index in [1.165, 1.54) is 24.3 Å². The molecule has 242 valence electrons. The van der Waals surface area contributed by atoms with Crippen LogP contribution in [-0.2, 0) is 53.1 Å². The average Bonchev–Trinajstić information content (AvgIpc) is 3.87. The van der Waals surface area contributed by atoms with Crippen LogP contribution in [0, 0.1) is 0 Å². The zero-order chi connectivity index (χ0) is 32.2. The Bertz CT molecular complexity index is 1990. The Balaban J connectivity index is 1.51. The SMILES string of the molecule is O=C1Oc2c(CC3CO3)c(c3oc(=O)oc3c2O)C(c2ccc(O)cc2CC2CO2)(c2ccc(O)cc2CC2CO2)C2(O1)OC(=O)O2. The fourth-order valence-corrected chi connectivity index (χ4v) is 6.91. The highest BCUT2D eigenvalue weighted by Crippen LogP contribution is 2.62. The van der Waals surface area contributed by atoms with Crippen molar-refractivity contribution < 1.29 is 66.9 Å². The first-order chi connectivity index (χ1) is 22.6. The second-order valence-corrected chi connectivity index (χ2v) is 12.0. The second kappa shape index (κ2) is 9.63. The molecule has 6 heterocycles. The molecule has 5 aliphatic rings. The van der Waals surface area contributed by atoms with Gasteiger partial charge in [-0.15, -0.1) is 0 Å². The minimum atomic E-state index is -2.68. The van der Waals surface area contributed by atoms with E-state index in [0.717, 1.165) is 0 Å². The highest BCUT2D eigenvalue weighted by atomic mass is 17.0. The molecule has 0 saturated carbocycles. The zero-order valence-electron chi connectivity index (χ0n) is 24.2. The molecule has 4 fully saturated rings. The van der Waals surface area contributed by atoms with Gasteiger partial charge in [0.25, 0.3) is 0 Å². The number of fused-ring (bicyclic) bond motifs is 4. The normalized spacial score (nSPS) is 26.3. The fourth-order valence-electron chi connectivity index (χ4n) is 6.91. The van der Waals surface area contributed by atoms with Crippen molar-refractivity contribution in [2.45, 2.75) is 49.0 Å². The Morgan fingerprint density at radius 2 is 1.19 bits per heavy atom. The summed E-state index contributed by atoms with van der Waals surface area (Å²) in [5, 5.41) is 32.8. The predicted molar refractivity (Wildman–Crippen MR) is 150 cm³/mol. The van der Waals surface area contributed by atoms with Crippen LogP contribution in [0.4, 0.5) is 9.59 Å². The third-order valence-corrected chi connectivity index (χ3v) is 9.00. The summed E-state index contributed by atoms with van der Waals surface area (Å²) < 4.78 is 50.5. The third kappa shape index (κ3) is 4.27. The summed E-state index contributed by atoms with van der Waals surface area (Å²) in [7, 11) is 0. The van der Waals surface area contributed by atoms with Crippen LogP contribution in [-0.4, -0.2) is 71.7 Å². The number of ether oxygens (including phenoxy) is 7. The van der Waals surface area contributed by atoms with Crippen LogP contribution in [0.2, 0.25) is 0 Å². The number of epoxide rings is 3. The largest absolute Gasteiger partial charge is 0.520 e. The Morgan fingerprint density at radius 1 is 0.681 bits per heavy atom. The van der Waals surface area contributed by atoms with E-state index in [1.54, 1.807) is 12.1 Å². The van der Waals surface area contributed by atoms with Crippen LogP contribution in [0.25, 0.3) is 11.2 Å². The number of carbonyl (C=O) groups excluding carboxylic acids is 2. The number of benzene rings is 3. The van der Waals surface area contributed by atoms with Crippen molar-refractivity contribution in [3.05, 3.63) is 80.4 Å². The Hall–Kier alpha value is -5.25. The van der Waals surface area contributed by atoms with Crippen molar-refractivity contribution in [1.82, 2.24) is 0 Å². The molecule has 2 bridgehead atoms. The Morgan fingerprint density at radius 3 is 1.72 bits per heavy atom. The van der Waals surface area contributed by atoms with E-state index in [-0.39, 0.29) is 70.8 Å². The number of phenolic OH excluding ortho intramolecular Hbond substituents is 3. The van der Waals surface area contributed by atoms with Crippen LogP contribution in [0.5, 0.6) is 23.0 Å². The van der Waals surface area contributed by atoms with Gasteiger partial charge in [-0.2, -0.15) is 0 Å². The molecular formula is C32H24O15. The molecule has 9 rings (SSSR count). The van der Waals surface area contributed by atoms with E-state index in [0.29, 0.717) is 30.9 Å². The van der Waals surface area contributed by atoms with Crippen molar-refractivity contribution in [2.24, 2.45) is 0 Å². The van der Waals surface area contributed by atoms with E-state index in [2.05, 4.69) is 0 Å². The maximum atomic E-state index is 13.6. The standard InChI is InChI=1S/C32H24O15/c33-15-1-3-21(13(5-15)7-17-10-39-17)31(22-4-2-16(34)6-14(22)8-18-11-40-18)23-20(9-19-12-41-19)25(24(35)27-26(23)43-28(36)44-27)42-29(37)45-32(31)46-30(38)47-32/h1-6,17-19,33-35H,7-12H2. The quantitative estimate of drug-likeness (QED) is 0.142. The first-order valence-electron chi connectivity index (χ1n) is 14.8. The lowest BCUT2D eigenvalue weighted by Gasteiger charge is -2.52. The van der Waals surface area contributed by atoms with Gasteiger partial charge in [0.1, 0.15) is 11.5 Å². The van der Waals surface area contributed by atoms with E-state index in [4.69, 9.17) is 42.0 Å². The van der Waals surface area contributed by atoms with Gasteiger partial charge in [-0.25, -0.2) is 14.4 Å². The molecule has 3 N–H and O–H groups in total. The smallest absolute Gasteiger partial charge is 0.508 e. The monoisotopic (exact) mass is 648 g/mol. The van der Waals surface area contributed by atoms with Gasteiger partial charge in [-0.05, 0) is 46.5 Å². The molecule has 1 spiro atoms. The van der Waals surface area contributed by atoms with Crippen molar-refractivity contribution in [1.29, 1.82) is 0 Å². The molecule has 4 saturated heterocycles. The summed E-state index contributed by atoms with van der Waals surface area (Å²) in [5.41, 5.74) is -1.25. The minimum absolute atomic E-state index is 0.0143. The van der Waals surface area contributed by atoms with Crippen LogP contribution in [0.15, 0.2) is 50.0 Å². The number of carbonyl (C=O) groups is 2. The first kappa shape index (κ1) is 28.0. The van der Waals surface area contributed by atoms with Gasteiger partial charge >= 0.3 is 24.1 Å². The van der Waals surface area contributed by atoms with E-state index in [1.807, 2.05) is 0 Å². The van der Waals surface area contributed by atoms with Crippen LogP contribution in [0.1, 0.15) is 33.4 Å². The summed E-state index contributed by atoms with van der Waals surface area (Å²) in [6, 6.07) is 8.83. The number of hydrogen-bond acceptors (Lipinski definition) is 15. The molecule has 3 aromatic carbocycles. The van der Waals surface area contributed by atoms with Crippen LogP contribution in [0.3, 0.4) is 0 Å². The van der Waals surface area contributed by atoms with Gasteiger partial charge in [0.05, 0.1) is 38.1 Å². The molecule has 0 radical (unpaired) electrons. The van der Waals surface area contributed by atoms with E-state index >= 15 is 0 Å². The number of aromatic hydroxyl groups is 3. The van der Waals surface area contributed by atoms with Gasteiger partial charge in [0, 0.05) is 30.4 Å². The first-order valence-corrected chi connectivity index (χ1v) is 14.8. The lowest BCUT2D eigenvalue weighted by molar-refractivity contribution is -0.405. The summed E-state index contributed by atoms with van der Waals surface area (Å²) in [4.78, 5) is 39.2. The Labute approximate surface area is 262 Å². The third-order valence-electron chi connectivity index (χ3n) is 9.00. The Kier molecular flexibility index (Phi) is 5.74. The molecule has 15 nitrogen and oxygen atoms in total. The maximum absolute atomic E-state index is 13.6. The molecule has 0 amide bonds. The summed E-state index contributed by atoms with van der Waals surface area (Å²) >= 11 is 0. The highest BCUT2D eigenvalue weighted by Gasteiger charge is 2.74. The van der Waals surface area contributed by atoms with Crippen molar-refractivity contribution in [3.8, 4) is 23.0 Å². The fraction of sp³-hybridized carbons (Fsp3) is 0.344. The van der Waals surface area contributed by atoms with Crippen molar-refractivity contribution in [3.63, 3.8) is 0 Å². The molecule has 0 aliphatic carbocycles. The lowest BCUT2D eigenvalue weighted by atomic mass is 9.61. The number of hydrogen-bond donors (Lipinski definition) is 3. The summed E-state index contributed by atoms with van der Waals surface area (Å²) in [6.45, 7) is 1.19. The number of phenols is 3. The molecular weight excluding hydrogens is 624 g/mol. The molecule has 5 aliphatic heterocycles. The molecule has 4 aromatic rings. The molecule has 15 heteroatoms. The van der Waals surface area contributed by atoms with Gasteiger partial charge in [0.15, 0.2) is 16.7 Å². The van der Waals surface area contributed by atoms with Gasteiger partial charge in [-0.1, -0.05) is 12.1 Å². The molecule has 1 aromatic heterocycles. The highest BCUT2D eigenvalue weighted by molar-refractivity contribution is 5.91. The van der Waals surface area contributed by atoms with Crippen LogP contribution >= 0.6 is 0 Å². The topological polar surface area (TPSA) is 213 Å². The summed E-state index contributed by atoms with van der Waals surface area (Å²) in [5.74, 6) is -5.21. The van der Waals surface area contributed by atoms with Crippen molar-refractivity contribution in [2.75, 3.05) is 19.8 Å². The van der Waals surface area contributed by atoms with Crippen molar-refractivity contribution >= 4 is 23.5 Å². The van der Waals surface area contributed by atoms with E-state index < -0.39 is 52.7 Å². The molecule has 3 atom stereocenters. The maximum Gasteiger partial charge on any atom is 0.520 e. The van der Waals surface area contributed by atoms with Crippen LogP contribution < -0.4 is 10.6 Å². The average molecular weight is 649 g/mol. The second-order valence-electron chi connectivity index (χ2n) is 12.0. The van der Waals surface area contributed by atoms with Gasteiger partial charge in [-0.3, -0.25) is 0 Å². The zero-order valence-corrected chi connectivity index (χ0v) is 24.2. The molecule has 47 heavy (non-hydrogen) atoms. The molecule has 3 unspecified atom stereocenters.